The van der Waals surface area contributed by atoms with E-state index in [1.807, 2.05) is 31.1 Å². The number of hydrogen-bond acceptors (Lipinski definition) is 5. The Balaban J connectivity index is 0.00000256. The summed E-state index contributed by atoms with van der Waals surface area (Å²) in [7, 11) is -0.329. The molecule has 2 aliphatic rings. The largest absolute Gasteiger partial charge is 1.00 e. The molecule has 0 saturated heterocycles. The van der Waals surface area contributed by atoms with E-state index >= 15 is 0 Å². The van der Waals surface area contributed by atoms with Gasteiger partial charge in [-0.15, -0.1) is 0 Å². The molecule has 0 unspecified atom stereocenters. The predicted octanol–water partition coefficient (Wildman–Crippen LogP) is -0.199. The number of amides is 2. The van der Waals surface area contributed by atoms with Gasteiger partial charge in [-0.25, -0.2) is 8.42 Å². The number of benzene rings is 1. The van der Waals surface area contributed by atoms with Gasteiger partial charge in [0, 0.05) is 12.7 Å². The molecular weight excluding hydrogens is 429 g/mol. The average molecular weight is 454 g/mol. The number of sulfonamides is 1. The van der Waals surface area contributed by atoms with Crippen LogP contribution in [0.15, 0.2) is 29.4 Å². The predicted molar refractivity (Wildman–Crippen MR) is 112 cm³/mol. The number of rotatable bonds is 6. The first-order valence-electron chi connectivity index (χ1n) is 9.65. The van der Waals surface area contributed by atoms with Gasteiger partial charge in [-0.3, -0.25) is 9.48 Å². The van der Waals surface area contributed by atoms with Crippen molar-refractivity contribution in [1.29, 1.82) is 0 Å². The molecule has 8 nitrogen and oxygen atoms in total. The second-order valence-electron chi connectivity index (χ2n) is 7.64. The zero-order valence-corrected chi connectivity index (χ0v) is 21.5. The van der Waals surface area contributed by atoms with Crippen LogP contribution in [0, 0.1) is 0 Å². The van der Waals surface area contributed by atoms with Crippen LogP contribution in [-0.2, 0) is 35.8 Å². The third-order valence-corrected chi connectivity index (χ3v) is 6.39. The van der Waals surface area contributed by atoms with Crippen molar-refractivity contribution in [2.45, 2.75) is 37.3 Å². The second kappa shape index (κ2) is 9.64. The summed E-state index contributed by atoms with van der Waals surface area (Å²) in [5.74, 6) is 0. The average Bonchev–Trinajstić information content (AvgIpc) is 3.39. The molecule has 0 saturated carbocycles. The molecule has 1 heterocycles. The Morgan fingerprint density at radius 2 is 2.10 bits per heavy atom. The van der Waals surface area contributed by atoms with Crippen molar-refractivity contribution in [3.05, 3.63) is 51.4 Å². The summed E-state index contributed by atoms with van der Waals surface area (Å²) in [6.45, 7) is 1.26. The van der Waals surface area contributed by atoms with Gasteiger partial charge in [-0.2, -0.15) is 5.10 Å². The fraction of sp³-hybridized carbons (Fsp3) is 0.400. The number of carbonyl (C=O) groups is 1. The van der Waals surface area contributed by atoms with E-state index in [1.54, 1.807) is 6.20 Å². The van der Waals surface area contributed by atoms with Crippen LogP contribution in [-0.4, -0.2) is 49.8 Å². The van der Waals surface area contributed by atoms with Gasteiger partial charge in [-0.05, 0) is 73.8 Å². The minimum Gasteiger partial charge on any atom is -0.423 e. The number of nitrogens with one attached hydrogen (secondary N) is 1. The number of allylic oxidation sites excluding steroid dienone is 1. The molecule has 1 aromatic heterocycles. The van der Waals surface area contributed by atoms with Gasteiger partial charge in [0.1, 0.15) is 0 Å². The number of anilines is 1. The fourth-order valence-corrected chi connectivity index (χ4v) is 4.62. The second-order valence-corrected chi connectivity index (χ2v) is 9.19. The Morgan fingerprint density at radius 1 is 1.30 bits per heavy atom. The molecule has 154 valence electrons. The summed E-state index contributed by atoms with van der Waals surface area (Å²) >= 11 is 0. The third kappa shape index (κ3) is 5.06. The summed E-state index contributed by atoms with van der Waals surface area (Å²) in [6, 6.07) is 2.67. The number of hydrogen-bond donors (Lipinski definition) is 1. The normalized spacial score (nSPS) is 14.4. The number of urea groups is 1. The molecule has 2 aliphatic carbocycles. The fourth-order valence-electron chi connectivity index (χ4n) is 3.82. The van der Waals surface area contributed by atoms with E-state index in [0.29, 0.717) is 12.2 Å². The molecule has 0 radical (unpaired) electrons. The van der Waals surface area contributed by atoms with Crippen LogP contribution in [0.4, 0.5) is 10.5 Å². The Labute approximate surface area is 219 Å². The van der Waals surface area contributed by atoms with Crippen LogP contribution in [0.25, 0.3) is 10.8 Å². The summed E-state index contributed by atoms with van der Waals surface area (Å²) in [5, 5.41) is 6.56. The van der Waals surface area contributed by atoms with Crippen molar-refractivity contribution >= 4 is 27.8 Å². The Bertz CT molecular complexity index is 1090. The van der Waals surface area contributed by atoms with Gasteiger partial charge in [0.2, 0.25) is 10.0 Å². The van der Waals surface area contributed by atoms with Gasteiger partial charge in [0.05, 0.1) is 6.54 Å². The first-order valence-corrected chi connectivity index (χ1v) is 11.1. The van der Waals surface area contributed by atoms with E-state index in [4.69, 9.17) is 0 Å². The molecule has 2 aromatic rings. The third-order valence-electron chi connectivity index (χ3n) is 5.24. The van der Waals surface area contributed by atoms with Crippen molar-refractivity contribution in [1.82, 2.24) is 14.7 Å². The first kappa shape index (κ1) is 23.6. The number of likely N-dealkylation sites (N-methyl/N-ethyl adjacent to an activating group) is 1. The van der Waals surface area contributed by atoms with Crippen molar-refractivity contribution in [3.63, 3.8) is 0 Å². The molecule has 0 fully saturated rings. The van der Waals surface area contributed by atoms with E-state index < -0.39 is 16.1 Å². The van der Waals surface area contributed by atoms with Gasteiger partial charge in [0.15, 0.2) is 11.1 Å². The molecule has 1 aromatic carbocycles. The van der Waals surface area contributed by atoms with Crippen LogP contribution in [0.1, 0.15) is 28.7 Å². The minimum atomic E-state index is -4.18. The summed E-state index contributed by atoms with van der Waals surface area (Å²) < 4.78 is 30.0. The number of nitrogens with zero attached hydrogens (tertiary/aromatic N) is 4. The Hall–Kier alpha value is -1.01. The zero-order chi connectivity index (χ0) is 20.6. The topological polar surface area (TPSA) is 98.4 Å². The molecule has 0 atom stereocenters. The molecule has 0 aliphatic heterocycles. The van der Waals surface area contributed by atoms with E-state index in [2.05, 4.69) is 21.2 Å². The summed E-state index contributed by atoms with van der Waals surface area (Å²) in [4.78, 5) is 14.5. The van der Waals surface area contributed by atoms with E-state index in [9.17, 15) is 13.2 Å². The van der Waals surface area contributed by atoms with Crippen LogP contribution >= 0.6 is 0 Å². The number of fused-ring (bicyclic) bond motifs is 2. The number of aromatic nitrogens is 2. The maximum atomic E-state index is 12.5. The van der Waals surface area contributed by atoms with Crippen molar-refractivity contribution < 1.29 is 64.6 Å². The molecule has 2 amide bonds. The molecule has 4 rings (SSSR count). The van der Waals surface area contributed by atoms with E-state index in [0.717, 1.165) is 48.9 Å². The molecule has 1 N–H and O–H groups in total. The van der Waals surface area contributed by atoms with Crippen molar-refractivity contribution in [2.75, 3.05) is 26.0 Å². The molecule has 10 heteroatoms. The smallest absolute Gasteiger partial charge is 0.423 e. The zero-order valence-electron chi connectivity index (χ0n) is 17.6. The standard InChI is InChI=1S/C20H25N5O3S.K/c1-24(2)11-12-25-10-9-18(22-25)29(27,28)23-20(26)21-19-16-7-3-5-14(16)13-15-6-4-8-17(15)19;/h3,7,9-10,13H,4-6,8,11-12H2,1-2H3,(H2,21,23,26);/q;+1/p-1. The number of aryl methyl sites for hydroxylation is 1. The molecular formula is C20H24KN5O3S. The van der Waals surface area contributed by atoms with Crippen molar-refractivity contribution in [2.24, 2.45) is 0 Å². The molecule has 0 spiro atoms. The van der Waals surface area contributed by atoms with Crippen LogP contribution in [0.3, 0.4) is 0 Å². The monoisotopic (exact) mass is 453 g/mol. The van der Waals surface area contributed by atoms with Gasteiger partial charge in [-0.1, -0.05) is 18.2 Å². The maximum absolute atomic E-state index is 12.5. The minimum absolute atomic E-state index is 0. The quantitative estimate of drug-likeness (QED) is 0.611. The van der Waals surface area contributed by atoms with E-state index in [1.165, 1.54) is 16.3 Å². The summed E-state index contributed by atoms with van der Waals surface area (Å²) in [6.07, 6.45) is 9.30. The Kier molecular flexibility index (Phi) is 7.60. The van der Waals surface area contributed by atoms with Crippen LogP contribution in [0.5, 0.6) is 0 Å². The van der Waals surface area contributed by atoms with Crippen LogP contribution in [0.2, 0.25) is 0 Å². The van der Waals surface area contributed by atoms with Crippen molar-refractivity contribution in [3.8, 4) is 0 Å². The van der Waals surface area contributed by atoms with Gasteiger partial charge < -0.3 is 14.9 Å². The van der Waals surface area contributed by atoms with Crippen LogP contribution < -0.4 is 56.7 Å². The maximum Gasteiger partial charge on any atom is 1.00 e. The van der Waals surface area contributed by atoms with Gasteiger partial charge in [0.25, 0.3) is 0 Å². The SMILES string of the molecule is CN(C)CCn1ccc(S(=O)(=O)[N-]C(=O)Nc2c3c(cc4c2CCC4)CC=C3)n1.[K+]. The Morgan fingerprint density at radius 3 is 2.87 bits per heavy atom. The molecule has 0 bridgehead atoms. The number of carbonyl (C=O) groups excluding carboxylic acids is 1. The summed E-state index contributed by atoms with van der Waals surface area (Å²) in [5.41, 5.74) is 5.13. The first-order chi connectivity index (χ1) is 13.8. The van der Waals surface area contributed by atoms with E-state index in [-0.39, 0.29) is 56.4 Å². The van der Waals surface area contributed by atoms with Gasteiger partial charge >= 0.3 is 51.4 Å². The molecule has 30 heavy (non-hydrogen) atoms.